The Morgan fingerprint density at radius 2 is 2.13 bits per heavy atom. The van der Waals surface area contributed by atoms with Crippen LogP contribution in [0.3, 0.4) is 0 Å². The number of hydrogen-bond donors (Lipinski definition) is 3. The second-order valence-corrected chi connectivity index (χ2v) is 8.14. The summed E-state index contributed by atoms with van der Waals surface area (Å²) in [6.07, 6.45) is 0. The summed E-state index contributed by atoms with van der Waals surface area (Å²) < 4.78 is 10.9. The van der Waals surface area contributed by atoms with Crippen LogP contribution < -0.4 is 21.1 Å². The molecule has 1 aliphatic heterocycles. The summed E-state index contributed by atoms with van der Waals surface area (Å²) in [4.78, 5) is 19.4. The Labute approximate surface area is 187 Å². The lowest BCUT2D eigenvalue weighted by molar-refractivity contribution is -0.119. The van der Waals surface area contributed by atoms with Crippen molar-refractivity contribution in [2.45, 2.75) is 19.5 Å². The highest BCUT2D eigenvalue weighted by Gasteiger charge is 2.23. The molecule has 1 amide bonds. The van der Waals surface area contributed by atoms with Crippen LogP contribution in [0.4, 0.5) is 0 Å². The molecule has 1 unspecified atom stereocenters. The first-order valence-corrected chi connectivity index (χ1v) is 11.4. The Balaban J connectivity index is 1.63. The first-order valence-electron chi connectivity index (χ1n) is 10.5. The normalized spacial score (nSPS) is 16.0. The van der Waals surface area contributed by atoms with Gasteiger partial charge in [0.1, 0.15) is 5.75 Å². The monoisotopic (exact) mass is 445 g/mol. The molecule has 0 saturated carbocycles. The van der Waals surface area contributed by atoms with Gasteiger partial charge in [-0.25, -0.2) is 4.99 Å². The van der Waals surface area contributed by atoms with E-state index in [9.17, 15) is 4.79 Å². The van der Waals surface area contributed by atoms with Gasteiger partial charge in [0, 0.05) is 31.1 Å². The van der Waals surface area contributed by atoms with Gasteiger partial charge in [0.2, 0.25) is 0 Å². The third kappa shape index (κ3) is 7.54. The number of guanidine groups is 1. The average Bonchev–Trinajstić information content (AvgIpc) is 3.32. The second kappa shape index (κ2) is 12.3. The quantitative estimate of drug-likeness (QED) is 0.380. The van der Waals surface area contributed by atoms with E-state index in [1.54, 1.807) is 17.4 Å². The zero-order valence-corrected chi connectivity index (χ0v) is 18.7. The van der Waals surface area contributed by atoms with Crippen LogP contribution in [0.25, 0.3) is 0 Å². The first-order chi connectivity index (χ1) is 15.2. The molecule has 8 nitrogen and oxygen atoms in total. The molecule has 0 bridgehead atoms. The predicted octanol–water partition coefficient (Wildman–Crippen LogP) is 1.74. The molecule has 0 aliphatic carbocycles. The average molecular weight is 446 g/mol. The van der Waals surface area contributed by atoms with Gasteiger partial charge in [-0.05, 0) is 36.1 Å². The summed E-state index contributed by atoms with van der Waals surface area (Å²) >= 11 is 1.78. The largest absolute Gasteiger partial charge is 0.484 e. The molecule has 1 aromatic carbocycles. The van der Waals surface area contributed by atoms with Gasteiger partial charge >= 0.3 is 0 Å². The minimum absolute atomic E-state index is 0.136. The van der Waals surface area contributed by atoms with E-state index in [1.807, 2.05) is 25.1 Å². The molecule has 2 heterocycles. The van der Waals surface area contributed by atoms with Crippen LogP contribution in [0.15, 0.2) is 46.8 Å². The lowest BCUT2D eigenvalue weighted by Gasteiger charge is -2.34. The molecule has 1 fully saturated rings. The van der Waals surface area contributed by atoms with Crippen LogP contribution >= 0.6 is 11.3 Å². The van der Waals surface area contributed by atoms with Crippen LogP contribution in [-0.4, -0.2) is 62.8 Å². The van der Waals surface area contributed by atoms with E-state index < -0.39 is 5.91 Å². The van der Waals surface area contributed by atoms with Crippen molar-refractivity contribution >= 4 is 23.2 Å². The lowest BCUT2D eigenvalue weighted by Crippen LogP contribution is -2.46. The second-order valence-electron chi connectivity index (χ2n) is 7.16. The number of thiophene rings is 1. The van der Waals surface area contributed by atoms with E-state index in [-0.39, 0.29) is 12.6 Å². The maximum atomic E-state index is 10.9. The summed E-state index contributed by atoms with van der Waals surface area (Å²) in [5.74, 6) is 0.873. The molecule has 9 heteroatoms. The highest BCUT2D eigenvalue weighted by Crippen LogP contribution is 2.25. The molecule has 2 aromatic rings. The minimum atomic E-state index is -0.498. The molecule has 1 aliphatic rings. The number of aliphatic imine (C=N–C) groups is 1. The fourth-order valence-electron chi connectivity index (χ4n) is 3.37. The highest BCUT2D eigenvalue weighted by atomic mass is 32.1. The van der Waals surface area contributed by atoms with Gasteiger partial charge < -0.3 is 25.8 Å². The molecule has 3 rings (SSSR count). The number of nitrogens with zero attached hydrogens (tertiary/aromatic N) is 2. The Kier molecular flexibility index (Phi) is 9.14. The fourth-order valence-corrected chi connectivity index (χ4v) is 4.23. The third-order valence-electron chi connectivity index (χ3n) is 4.86. The topological polar surface area (TPSA) is 101 Å². The van der Waals surface area contributed by atoms with Crippen molar-refractivity contribution in [3.05, 3.63) is 52.2 Å². The van der Waals surface area contributed by atoms with E-state index in [2.05, 4.69) is 33.0 Å². The molecule has 4 N–H and O–H groups in total. The van der Waals surface area contributed by atoms with Crippen LogP contribution in [0.2, 0.25) is 0 Å². The number of amides is 1. The van der Waals surface area contributed by atoms with E-state index in [1.165, 1.54) is 4.88 Å². The molecular weight excluding hydrogens is 414 g/mol. The number of ether oxygens (including phenoxy) is 2. The van der Waals surface area contributed by atoms with Crippen molar-refractivity contribution in [3.63, 3.8) is 0 Å². The molecule has 1 atom stereocenters. The number of hydrogen-bond acceptors (Lipinski definition) is 6. The van der Waals surface area contributed by atoms with Crippen molar-refractivity contribution in [2.24, 2.45) is 10.7 Å². The number of benzene rings is 1. The molecule has 1 saturated heterocycles. The number of rotatable bonds is 10. The van der Waals surface area contributed by atoms with Crippen LogP contribution in [0.5, 0.6) is 5.75 Å². The van der Waals surface area contributed by atoms with Crippen LogP contribution in [-0.2, 0) is 16.1 Å². The van der Waals surface area contributed by atoms with Crippen molar-refractivity contribution in [2.75, 3.05) is 46.0 Å². The number of carbonyl (C=O) groups excluding carboxylic acids is 1. The molecular formula is C22H31N5O3S. The summed E-state index contributed by atoms with van der Waals surface area (Å²) in [6, 6.07) is 12.1. The van der Waals surface area contributed by atoms with Gasteiger partial charge in [0.15, 0.2) is 12.6 Å². The number of carbonyl (C=O) groups is 1. The van der Waals surface area contributed by atoms with Gasteiger partial charge in [0.05, 0.1) is 25.8 Å². The van der Waals surface area contributed by atoms with Crippen molar-refractivity contribution in [1.29, 1.82) is 0 Å². The van der Waals surface area contributed by atoms with Crippen molar-refractivity contribution in [3.8, 4) is 5.75 Å². The van der Waals surface area contributed by atoms with E-state index in [4.69, 9.17) is 20.2 Å². The molecule has 168 valence electrons. The minimum Gasteiger partial charge on any atom is -0.484 e. The van der Waals surface area contributed by atoms with Crippen LogP contribution in [0.1, 0.15) is 23.4 Å². The lowest BCUT2D eigenvalue weighted by atomic mass is 10.2. The van der Waals surface area contributed by atoms with E-state index in [0.717, 1.165) is 50.9 Å². The van der Waals surface area contributed by atoms with Crippen molar-refractivity contribution in [1.82, 2.24) is 15.5 Å². The SMILES string of the molecule is CCNC(=NCc1cccc(OCC(N)=O)c1)NCC(c1cccs1)N1CCOCC1. The Morgan fingerprint density at radius 1 is 1.29 bits per heavy atom. The van der Waals surface area contributed by atoms with Gasteiger partial charge in [-0.2, -0.15) is 0 Å². The summed E-state index contributed by atoms with van der Waals surface area (Å²) in [5, 5.41) is 8.94. The van der Waals surface area contributed by atoms with E-state index in [0.29, 0.717) is 12.3 Å². The zero-order chi connectivity index (χ0) is 21.9. The smallest absolute Gasteiger partial charge is 0.255 e. The molecule has 1 aromatic heterocycles. The Hall–Kier alpha value is -2.62. The van der Waals surface area contributed by atoms with Crippen LogP contribution in [0, 0.1) is 0 Å². The number of nitrogens with one attached hydrogen (secondary N) is 2. The summed E-state index contributed by atoms with van der Waals surface area (Å²) in [5.41, 5.74) is 6.13. The number of nitrogens with two attached hydrogens (primary N) is 1. The predicted molar refractivity (Wildman–Crippen MR) is 123 cm³/mol. The zero-order valence-electron chi connectivity index (χ0n) is 17.9. The highest BCUT2D eigenvalue weighted by molar-refractivity contribution is 7.10. The number of primary amides is 1. The Morgan fingerprint density at radius 3 is 2.84 bits per heavy atom. The third-order valence-corrected chi connectivity index (χ3v) is 5.84. The standard InChI is InChI=1S/C22H31N5O3S/c1-2-24-22(25-14-17-5-3-6-18(13-17)30-16-21(23)28)26-15-19(20-7-4-12-31-20)27-8-10-29-11-9-27/h3-7,12-13,19H,2,8-11,14-16H2,1H3,(H2,23,28)(H2,24,25,26). The summed E-state index contributed by atoms with van der Waals surface area (Å²) in [7, 11) is 0. The first kappa shape index (κ1) is 23.1. The molecule has 0 spiro atoms. The van der Waals surface area contributed by atoms with Gasteiger partial charge in [-0.15, -0.1) is 11.3 Å². The summed E-state index contributed by atoms with van der Waals surface area (Å²) in [6.45, 7) is 7.32. The van der Waals surface area contributed by atoms with Crippen molar-refractivity contribution < 1.29 is 14.3 Å². The fraction of sp³-hybridized carbons (Fsp3) is 0.455. The number of morpholine rings is 1. The van der Waals surface area contributed by atoms with Gasteiger partial charge in [-0.3, -0.25) is 9.69 Å². The molecule has 0 radical (unpaired) electrons. The van der Waals surface area contributed by atoms with Gasteiger partial charge in [-0.1, -0.05) is 18.2 Å². The Bertz CT molecular complexity index is 837. The molecule has 31 heavy (non-hydrogen) atoms. The maximum Gasteiger partial charge on any atom is 0.255 e. The van der Waals surface area contributed by atoms with Gasteiger partial charge in [0.25, 0.3) is 5.91 Å². The van der Waals surface area contributed by atoms with E-state index >= 15 is 0 Å². The maximum absolute atomic E-state index is 10.9.